The number of pyridine rings is 1. The molecule has 0 radical (unpaired) electrons. The number of nitrogens with two attached hydrogens (primary N) is 1. The highest BCUT2D eigenvalue weighted by Gasteiger charge is 2.25. The van der Waals surface area contributed by atoms with E-state index in [2.05, 4.69) is 4.98 Å². The van der Waals surface area contributed by atoms with Gasteiger partial charge in [-0.3, -0.25) is 14.4 Å². The average Bonchev–Trinajstić information content (AvgIpc) is 2.61. The Labute approximate surface area is 144 Å². The average molecular weight is 332 g/mol. The van der Waals surface area contributed by atoms with E-state index in [0.717, 1.165) is 5.56 Å². The molecular weight excluding hydrogens is 316 g/mol. The quantitative estimate of drug-likeness (QED) is 0.719. The smallest absolute Gasteiger partial charge is 0.260 e. The van der Waals surface area contributed by atoms with Gasteiger partial charge in [-0.2, -0.15) is 0 Å². The Morgan fingerprint density at radius 1 is 0.840 bits per heavy atom. The number of hydrogen-bond acceptors (Lipinski definition) is 3. The van der Waals surface area contributed by atoms with E-state index in [9.17, 15) is 14.4 Å². The van der Waals surface area contributed by atoms with Gasteiger partial charge in [0.1, 0.15) is 0 Å². The number of aromatic nitrogens is 1. The fraction of sp³-hybridized carbons (Fsp3) is 0.0500. The van der Waals surface area contributed by atoms with Crippen molar-refractivity contribution < 1.29 is 9.59 Å². The van der Waals surface area contributed by atoms with E-state index in [-0.39, 0.29) is 11.1 Å². The van der Waals surface area contributed by atoms with Gasteiger partial charge in [0.05, 0.1) is 16.8 Å². The van der Waals surface area contributed by atoms with Crippen LogP contribution >= 0.6 is 0 Å². The van der Waals surface area contributed by atoms with Crippen molar-refractivity contribution in [1.82, 2.24) is 4.98 Å². The summed E-state index contributed by atoms with van der Waals surface area (Å²) in [5, 5.41) is 0. The Kier molecular flexibility index (Phi) is 4.31. The lowest BCUT2D eigenvalue weighted by atomic mass is 9.90. The minimum atomic E-state index is -0.813. The van der Waals surface area contributed by atoms with E-state index in [0.29, 0.717) is 16.8 Å². The van der Waals surface area contributed by atoms with Crippen LogP contribution in [-0.4, -0.2) is 16.7 Å². The molecule has 3 aromatic rings. The van der Waals surface area contributed by atoms with E-state index in [1.54, 1.807) is 12.1 Å². The van der Waals surface area contributed by atoms with Crippen molar-refractivity contribution in [1.29, 1.82) is 0 Å². The molecule has 2 aromatic carbocycles. The van der Waals surface area contributed by atoms with Crippen LogP contribution in [-0.2, 0) is 0 Å². The zero-order valence-electron chi connectivity index (χ0n) is 13.6. The first-order valence-corrected chi connectivity index (χ1v) is 7.72. The van der Waals surface area contributed by atoms with E-state index >= 15 is 0 Å². The maximum absolute atomic E-state index is 12.5. The van der Waals surface area contributed by atoms with Gasteiger partial charge >= 0.3 is 0 Å². The monoisotopic (exact) mass is 332 g/mol. The van der Waals surface area contributed by atoms with Gasteiger partial charge in [-0.15, -0.1) is 0 Å². The SMILES string of the molecule is CC(=O)c1c(C(N)=O)c(-c2ccccc2)c(-c2ccccc2)[nH]c1=O. The Bertz CT molecular complexity index is 1010. The normalized spacial score (nSPS) is 10.4. The molecule has 0 saturated heterocycles. The standard InChI is InChI=1S/C20H16N2O3/c1-12(23)15-17(19(21)24)16(13-8-4-2-5-9-13)18(22-20(15)25)14-10-6-3-7-11-14/h2-11H,1H3,(H2,21,24)(H,22,25). The zero-order chi connectivity index (χ0) is 18.0. The van der Waals surface area contributed by atoms with Crippen molar-refractivity contribution in [2.24, 2.45) is 5.73 Å². The number of hydrogen-bond donors (Lipinski definition) is 2. The zero-order valence-corrected chi connectivity index (χ0v) is 13.6. The van der Waals surface area contributed by atoms with Crippen LogP contribution in [0.4, 0.5) is 0 Å². The third-order valence-corrected chi connectivity index (χ3v) is 3.94. The maximum atomic E-state index is 12.5. The Balaban J connectivity index is 2.51. The second kappa shape index (κ2) is 6.57. The third kappa shape index (κ3) is 2.99. The number of benzene rings is 2. The number of H-pyrrole nitrogens is 1. The molecule has 0 fully saturated rings. The van der Waals surface area contributed by atoms with Gasteiger partial charge in [0.2, 0.25) is 5.91 Å². The summed E-state index contributed by atoms with van der Waals surface area (Å²) in [6, 6.07) is 18.2. The summed E-state index contributed by atoms with van der Waals surface area (Å²) < 4.78 is 0. The van der Waals surface area contributed by atoms with Crippen molar-refractivity contribution in [3.8, 4) is 22.4 Å². The number of nitrogens with one attached hydrogen (secondary N) is 1. The van der Waals surface area contributed by atoms with Crippen molar-refractivity contribution >= 4 is 11.7 Å². The topological polar surface area (TPSA) is 93.0 Å². The number of carbonyl (C=O) groups is 2. The molecule has 0 aliphatic rings. The molecule has 1 aromatic heterocycles. The summed E-state index contributed by atoms with van der Waals surface area (Å²) in [5.74, 6) is -1.32. The number of primary amides is 1. The lowest BCUT2D eigenvalue weighted by Crippen LogP contribution is -2.27. The van der Waals surface area contributed by atoms with Crippen LogP contribution < -0.4 is 11.3 Å². The van der Waals surface area contributed by atoms with Gasteiger partial charge in [-0.05, 0) is 18.1 Å². The Morgan fingerprint density at radius 3 is 1.84 bits per heavy atom. The molecule has 1 amide bonds. The Hall–Kier alpha value is -3.47. The van der Waals surface area contributed by atoms with E-state index < -0.39 is 17.2 Å². The van der Waals surface area contributed by atoms with Gasteiger partial charge in [0, 0.05) is 5.56 Å². The molecule has 3 N–H and O–H groups in total. The second-order valence-corrected chi connectivity index (χ2v) is 5.61. The van der Waals surface area contributed by atoms with Gasteiger partial charge in [0.25, 0.3) is 5.56 Å². The molecular formula is C20H16N2O3. The predicted octanol–water partition coefficient (Wildman–Crippen LogP) is 3.01. The van der Waals surface area contributed by atoms with Gasteiger partial charge in [-0.25, -0.2) is 0 Å². The first-order valence-electron chi connectivity index (χ1n) is 7.72. The number of amides is 1. The first kappa shape index (κ1) is 16.4. The highest BCUT2D eigenvalue weighted by Crippen LogP contribution is 2.33. The summed E-state index contributed by atoms with van der Waals surface area (Å²) >= 11 is 0. The predicted molar refractivity (Wildman–Crippen MR) is 96.5 cm³/mol. The van der Waals surface area contributed by atoms with Crippen LogP contribution in [0.25, 0.3) is 22.4 Å². The molecule has 3 rings (SSSR count). The molecule has 124 valence electrons. The summed E-state index contributed by atoms with van der Waals surface area (Å²) in [6.45, 7) is 1.24. The largest absolute Gasteiger partial charge is 0.366 e. The van der Waals surface area contributed by atoms with Crippen LogP contribution in [0.15, 0.2) is 65.5 Å². The molecule has 5 nitrogen and oxygen atoms in total. The summed E-state index contributed by atoms with van der Waals surface area (Å²) in [6.07, 6.45) is 0. The lowest BCUT2D eigenvalue weighted by Gasteiger charge is -2.16. The van der Waals surface area contributed by atoms with Crippen molar-refractivity contribution in [3.63, 3.8) is 0 Å². The molecule has 0 unspecified atom stereocenters. The van der Waals surface area contributed by atoms with Crippen molar-refractivity contribution in [3.05, 3.63) is 82.1 Å². The van der Waals surface area contributed by atoms with Gasteiger partial charge < -0.3 is 10.7 Å². The number of rotatable bonds is 4. The highest BCUT2D eigenvalue weighted by atomic mass is 16.2. The summed E-state index contributed by atoms with van der Waals surface area (Å²) in [5.41, 5.74) is 6.98. The molecule has 1 heterocycles. The first-order chi connectivity index (χ1) is 12.0. The number of aromatic amines is 1. The van der Waals surface area contributed by atoms with E-state index in [1.165, 1.54) is 6.92 Å². The fourth-order valence-electron chi connectivity index (χ4n) is 2.90. The number of carbonyl (C=O) groups excluding carboxylic acids is 2. The Morgan fingerprint density at radius 2 is 1.36 bits per heavy atom. The molecule has 0 atom stereocenters. The minimum Gasteiger partial charge on any atom is -0.366 e. The summed E-state index contributed by atoms with van der Waals surface area (Å²) in [7, 11) is 0. The molecule has 0 aliphatic heterocycles. The molecule has 25 heavy (non-hydrogen) atoms. The minimum absolute atomic E-state index is 0.0543. The molecule has 0 bridgehead atoms. The lowest BCUT2D eigenvalue weighted by molar-refractivity contribution is 0.0973. The fourth-order valence-corrected chi connectivity index (χ4v) is 2.90. The van der Waals surface area contributed by atoms with Crippen LogP contribution in [0.5, 0.6) is 0 Å². The van der Waals surface area contributed by atoms with E-state index in [1.807, 2.05) is 48.5 Å². The molecule has 0 aliphatic carbocycles. The van der Waals surface area contributed by atoms with Crippen molar-refractivity contribution in [2.45, 2.75) is 6.92 Å². The molecule has 0 saturated carbocycles. The number of ketones is 1. The number of Topliss-reactive ketones (excluding diaryl/α,β-unsaturated/α-hetero) is 1. The van der Waals surface area contributed by atoms with Crippen LogP contribution in [0.1, 0.15) is 27.6 Å². The van der Waals surface area contributed by atoms with E-state index in [4.69, 9.17) is 5.73 Å². The molecule has 5 heteroatoms. The maximum Gasteiger partial charge on any atom is 0.260 e. The van der Waals surface area contributed by atoms with Gasteiger partial charge in [-0.1, -0.05) is 60.7 Å². The molecule has 0 spiro atoms. The van der Waals surface area contributed by atoms with Crippen molar-refractivity contribution in [2.75, 3.05) is 0 Å². The highest BCUT2D eigenvalue weighted by molar-refractivity contribution is 6.12. The van der Waals surface area contributed by atoms with Crippen LogP contribution in [0, 0.1) is 0 Å². The third-order valence-electron chi connectivity index (χ3n) is 3.94. The van der Waals surface area contributed by atoms with Crippen LogP contribution in [0.2, 0.25) is 0 Å². The second-order valence-electron chi connectivity index (χ2n) is 5.61. The van der Waals surface area contributed by atoms with Gasteiger partial charge in [0.15, 0.2) is 5.78 Å². The summed E-state index contributed by atoms with van der Waals surface area (Å²) in [4.78, 5) is 39.4. The van der Waals surface area contributed by atoms with Crippen LogP contribution in [0.3, 0.4) is 0 Å².